The summed E-state index contributed by atoms with van der Waals surface area (Å²) >= 11 is 1.52. The summed E-state index contributed by atoms with van der Waals surface area (Å²) in [6.07, 6.45) is 9.10. The Kier molecular flexibility index (Phi) is 7.59. The average Bonchev–Trinajstić information content (AvgIpc) is 3.25. The zero-order valence-corrected chi connectivity index (χ0v) is 24.0. The molecular weight excluding hydrogens is 514 g/mol. The lowest BCUT2D eigenvalue weighted by atomic mass is 9.74. The normalized spacial score (nSPS) is 32.6. The minimum Gasteiger partial charge on any atom is -0.465 e. The van der Waals surface area contributed by atoms with Gasteiger partial charge in [-0.15, -0.1) is 11.8 Å². The summed E-state index contributed by atoms with van der Waals surface area (Å²) in [4.78, 5) is 47.8. The lowest BCUT2D eigenvalue weighted by Crippen LogP contribution is -2.56. The molecule has 0 radical (unpaired) electrons. The standard InChI is InChI=1S/C30H39N3O5S/c1-5-20(19-34)33-25-27(36)32(22-13-11-21(12-14-22)31(6-2)7-3)17-10-16-30(25)23(26(33)35)24-28(37)38-18-9-8-15-29(24,4)39-30/h8,10-16,20,23-25,34H,5-7,9,17-19H2,1-4H3/t20-,23-,24-,25?,29+,30-/m0/s1. The number of esters is 1. The van der Waals surface area contributed by atoms with Gasteiger partial charge in [0, 0.05) is 35.8 Å². The predicted octanol–water partition coefficient (Wildman–Crippen LogP) is 3.40. The molecule has 6 atom stereocenters. The first-order chi connectivity index (χ1) is 18.8. The van der Waals surface area contributed by atoms with E-state index in [1.54, 1.807) is 9.80 Å². The number of aliphatic hydroxyl groups excluding tert-OH is 1. The predicted molar refractivity (Wildman–Crippen MR) is 154 cm³/mol. The quantitative estimate of drug-likeness (QED) is 0.409. The van der Waals surface area contributed by atoms with Gasteiger partial charge in [-0.2, -0.15) is 0 Å². The molecule has 0 aliphatic carbocycles. The summed E-state index contributed by atoms with van der Waals surface area (Å²) in [5.74, 6) is -2.34. The maximum absolute atomic E-state index is 14.6. The summed E-state index contributed by atoms with van der Waals surface area (Å²) in [6, 6.07) is 6.57. The van der Waals surface area contributed by atoms with Gasteiger partial charge in [-0.3, -0.25) is 14.4 Å². The van der Waals surface area contributed by atoms with Crippen molar-refractivity contribution in [2.45, 2.75) is 62.1 Å². The molecule has 4 aliphatic rings. The number of hydrogen-bond donors (Lipinski definition) is 1. The second-order valence-corrected chi connectivity index (χ2v) is 12.7. The van der Waals surface area contributed by atoms with E-state index in [1.807, 2.05) is 62.4 Å². The van der Waals surface area contributed by atoms with E-state index in [0.717, 1.165) is 24.5 Å². The van der Waals surface area contributed by atoms with Gasteiger partial charge >= 0.3 is 5.97 Å². The van der Waals surface area contributed by atoms with Crippen LogP contribution in [0.2, 0.25) is 0 Å². The molecule has 0 aromatic heterocycles. The number of thioether (sulfide) groups is 1. The first-order valence-corrected chi connectivity index (χ1v) is 14.9. The Bertz CT molecular complexity index is 1180. The summed E-state index contributed by atoms with van der Waals surface area (Å²) in [5, 5.41) is 10.3. The van der Waals surface area contributed by atoms with Crippen LogP contribution in [-0.2, 0) is 19.1 Å². The van der Waals surface area contributed by atoms with E-state index in [9.17, 15) is 19.5 Å². The van der Waals surface area contributed by atoms with Crippen molar-refractivity contribution in [3.05, 3.63) is 48.6 Å². The van der Waals surface area contributed by atoms with E-state index in [-0.39, 0.29) is 25.0 Å². The fourth-order valence-corrected chi connectivity index (χ4v) is 9.04. The van der Waals surface area contributed by atoms with Crippen molar-refractivity contribution in [3.8, 4) is 0 Å². The van der Waals surface area contributed by atoms with E-state index in [4.69, 9.17) is 4.74 Å². The molecule has 1 aromatic carbocycles. The Hall–Kier alpha value is -2.78. The zero-order chi connectivity index (χ0) is 27.9. The van der Waals surface area contributed by atoms with Gasteiger partial charge in [-0.1, -0.05) is 31.2 Å². The Morgan fingerprint density at radius 3 is 2.41 bits per heavy atom. The number of aliphatic hydroxyl groups is 1. The van der Waals surface area contributed by atoms with E-state index in [0.29, 0.717) is 19.4 Å². The van der Waals surface area contributed by atoms with Gasteiger partial charge in [-0.25, -0.2) is 0 Å². The molecule has 1 spiro atoms. The van der Waals surface area contributed by atoms with E-state index in [1.165, 1.54) is 11.8 Å². The Balaban J connectivity index is 1.61. The number of amides is 2. The van der Waals surface area contributed by atoms with Crippen LogP contribution in [0.5, 0.6) is 0 Å². The smallest absolute Gasteiger partial charge is 0.311 e. The number of rotatable bonds is 7. The van der Waals surface area contributed by atoms with Crippen molar-refractivity contribution in [1.29, 1.82) is 0 Å². The third-order valence-corrected chi connectivity index (χ3v) is 10.6. The maximum Gasteiger partial charge on any atom is 0.311 e. The molecule has 5 rings (SSSR count). The third-order valence-electron chi connectivity index (χ3n) is 8.82. The molecule has 2 saturated heterocycles. The number of nitrogens with zero attached hydrogens (tertiary/aromatic N) is 3. The van der Waals surface area contributed by atoms with Crippen LogP contribution in [0.3, 0.4) is 0 Å². The van der Waals surface area contributed by atoms with Crippen LogP contribution < -0.4 is 9.80 Å². The lowest BCUT2D eigenvalue weighted by molar-refractivity contribution is -0.154. The topological polar surface area (TPSA) is 90.4 Å². The first-order valence-electron chi connectivity index (χ1n) is 14.1. The van der Waals surface area contributed by atoms with Crippen molar-refractivity contribution >= 4 is 40.9 Å². The number of carbonyl (C=O) groups excluding carboxylic acids is 3. The fraction of sp³-hybridized carbons (Fsp3) is 0.567. The van der Waals surface area contributed by atoms with Crippen molar-refractivity contribution in [1.82, 2.24) is 4.90 Å². The molecule has 1 aromatic rings. The van der Waals surface area contributed by atoms with E-state index >= 15 is 0 Å². The minimum absolute atomic E-state index is 0.193. The Morgan fingerprint density at radius 1 is 1.05 bits per heavy atom. The zero-order valence-electron chi connectivity index (χ0n) is 23.2. The number of ether oxygens (including phenoxy) is 1. The van der Waals surface area contributed by atoms with Crippen LogP contribution in [0.15, 0.2) is 48.6 Å². The molecule has 0 bridgehead atoms. The second kappa shape index (κ2) is 10.7. The van der Waals surface area contributed by atoms with Crippen LogP contribution in [-0.4, -0.2) is 82.2 Å². The largest absolute Gasteiger partial charge is 0.465 e. The van der Waals surface area contributed by atoms with Gasteiger partial charge in [0.05, 0.1) is 35.8 Å². The van der Waals surface area contributed by atoms with Gasteiger partial charge in [-0.05, 0) is 57.9 Å². The highest BCUT2D eigenvalue weighted by molar-refractivity contribution is 8.02. The first kappa shape index (κ1) is 27.8. The summed E-state index contributed by atoms with van der Waals surface area (Å²) in [5.41, 5.74) is 1.84. The summed E-state index contributed by atoms with van der Waals surface area (Å²) in [7, 11) is 0. The van der Waals surface area contributed by atoms with Crippen molar-refractivity contribution in [2.24, 2.45) is 11.8 Å². The SMILES string of the molecule is CC[C@@H](CO)N1C(=O)[C@@H]2[C@H]3C(=O)OCCC=C[C@@]3(C)S[C@@]23C=CCN(c2ccc(N(CC)CC)cc2)C(=O)C13. The Morgan fingerprint density at radius 2 is 1.77 bits per heavy atom. The van der Waals surface area contributed by atoms with Crippen molar-refractivity contribution in [3.63, 3.8) is 0 Å². The Labute approximate surface area is 235 Å². The second-order valence-electron chi connectivity index (χ2n) is 10.9. The third kappa shape index (κ3) is 4.29. The maximum atomic E-state index is 14.6. The molecule has 8 nitrogen and oxygen atoms in total. The summed E-state index contributed by atoms with van der Waals surface area (Å²) < 4.78 is 3.94. The number of anilines is 2. The number of likely N-dealkylation sites (tertiary alicyclic amines) is 1. The number of fused-ring (bicyclic) bond motifs is 2. The number of benzene rings is 1. The molecule has 9 heteroatoms. The lowest BCUT2D eigenvalue weighted by Gasteiger charge is -2.39. The average molecular weight is 554 g/mol. The van der Waals surface area contributed by atoms with Crippen LogP contribution in [0, 0.1) is 11.8 Å². The van der Waals surface area contributed by atoms with Gasteiger partial charge in [0.1, 0.15) is 6.04 Å². The molecule has 2 amide bonds. The van der Waals surface area contributed by atoms with Gasteiger partial charge < -0.3 is 24.5 Å². The highest BCUT2D eigenvalue weighted by Gasteiger charge is 2.74. The highest BCUT2D eigenvalue weighted by atomic mass is 32.2. The van der Waals surface area contributed by atoms with Crippen molar-refractivity contribution in [2.75, 3.05) is 42.6 Å². The number of cyclic esters (lactones) is 1. The molecule has 39 heavy (non-hydrogen) atoms. The van der Waals surface area contributed by atoms with Crippen LogP contribution in [0.4, 0.5) is 11.4 Å². The van der Waals surface area contributed by atoms with Gasteiger partial charge in [0.2, 0.25) is 5.91 Å². The molecule has 4 heterocycles. The monoisotopic (exact) mass is 553 g/mol. The molecule has 4 aliphatic heterocycles. The van der Waals surface area contributed by atoms with Gasteiger partial charge in [0.15, 0.2) is 0 Å². The highest BCUT2D eigenvalue weighted by Crippen LogP contribution is 2.65. The molecule has 0 saturated carbocycles. The fourth-order valence-electron chi connectivity index (χ4n) is 6.90. The van der Waals surface area contributed by atoms with E-state index < -0.39 is 39.4 Å². The number of hydrogen-bond acceptors (Lipinski definition) is 7. The molecular formula is C30H39N3O5S. The molecule has 1 N–H and O–H groups in total. The van der Waals surface area contributed by atoms with Gasteiger partial charge in [0.25, 0.3) is 5.91 Å². The van der Waals surface area contributed by atoms with Crippen LogP contribution in [0.25, 0.3) is 0 Å². The molecule has 1 unspecified atom stereocenters. The summed E-state index contributed by atoms with van der Waals surface area (Å²) in [6.45, 7) is 10.2. The van der Waals surface area contributed by atoms with Crippen LogP contribution in [0.1, 0.15) is 40.5 Å². The minimum atomic E-state index is -0.959. The number of carbonyl (C=O) groups is 3. The van der Waals surface area contributed by atoms with Crippen molar-refractivity contribution < 1.29 is 24.2 Å². The molecule has 210 valence electrons. The molecule has 2 fully saturated rings. The van der Waals surface area contributed by atoms with Crippen LogP contribution >= 0.6 is 11.8 Å². The van der Waals surface area contributed by atoms with E-state index in [2.05, 4.69) is 18.7 Å².